The van der Waals surface area contributed by atoms with E-state index in [9.17, 15) is 8.42 Å². The molecule has 5 heteroatoms. The highest BCUT2D eigenvalue weighted by atomic mass is 32.2. The van der Waals surface area contributed by atoms with Crippen molar-refractivity contribution in [3.63, 3.8) is 0 Å². The lowest BCUT2D eigenvalue weighted by Gasteiger charge is -2.31. The highest BCUT2D eigenvalue weighted by Crippen LogP contribution is 2.42. The van der Waals surface area contributed by atoms with Gasteiger partial charge in [-0.25, -0.2) is 9.86 Å². The van der Waals surface area contributed by atoms with E-state index in [-0.39, 0.29) is 5.41 Å². The number of rotatable bonds is 4. The van der Waals surface area contributed by atoms with Crippen molar-refractivity contribution in [2.45, 2.75) is 44.9 Å². The van der Waals surface area contributed by atoms with Crippen LogP contribution in [0.15, 0.2) is 18.2 Å². The SMILES string of the molecule is Cc1ccc(C2(CNS(N)(=O)=O)CCCC2)c(C)c1. The van der Waals surface area contributed by atoms with Gasteiger partial charge in [0.1, 0.15) is 0 Å². The van der Waals surface area contributed by atoms with Crippen molar-refractivity contribution in [1.82, 2.24) is 4.72 Å². The van der Waals surface area contributed by atoms with Gasteiger partial charge in [-0.3, -0.25) is 0 Å². The molecule has 0 unspecified atom stereocenters. The van der Waals surface area contributed by atoms with E-state index in [4.69, 9.17) is 5.14 Å². The lowest BCUT2D eigenvalue weighted by Crippen LogP contribution is -2.42. The maximum Gasteiger partial charge on any atom is 0.274 e. The van der Waals surface area contributed by atoms with Gasteiger partial charge in [-0.15, -0.1) is 0 Å². The molecule has 106 valence electrons. The van der Waals surface area contributed by atoms with Crippen molar-refractivity contribution in [2.75, 3.05) is 6.54 Å². The molecular weight excluding hydrogens is 260 g/mol. The normalized spacial score (nSPS) is 18.7. The van der Waals surface area contributed by atoms with Gasteiger partial charge < -0.3 is 0 Å². The number of hydrogen-bond acceptors (Lipinski definition) is 2. The molecule has 0 heterocycles. The molecule has 0 atom stereocenters. The molecule has 0 aliphatic heterocycles. The van der Waals surface area contributed by atoms with Crippen LogP contribution in [0.25, 0.3) is 0 Å². The Balaban J connectivity index is 2.33. The minimum Gasteiger partial charge on any atom is -0.216 e. The maximum absolute atomic E-state index is 11.2. The highest BCUT2D eigenvalue weighted by molar-refractivity contribution is 7.87. The van der Waals surface area contributed by atoms with E-state index in [0.717, 1.165) is 25.7 Å². The van der Waals surface area contributed by atoms with Crippen LogP contribution in [-0.2, 0) is 15.6 Å². The van der Waals surface area contributed by atoms with Gasteiger partial charge >= 0.3 is 0 Å². The Bertz CT molecular complexity index is 561. The van der Waals surface area contributed by atoms with Crippen molar-refractivity contribution in [3.8, 4) is 0 Å². The molecule has 19 heavy (non-hydrogen) atoms. The number of nitrogens with one attached hydrogen (secondary N) is 1. The lowest BCUT2D eigenvalue weighted by atomic mass is 9.76. The summed E-state index contributed by atoms with van der Waals surface area (Å²) in [5.74, 6) is 0. The van der Waals surface area contributed by atoms with E-state index in [1.54, 1.807) is 0 Å². The fourth-order valence-electron chi connectivity index (χ4n) is 3.24. The molecule has 1 aliphatic rings. The third-order valence-electron chi connectivity index (χ3n) is 4.13. The average Bonchev–Trinajstić information content (AvgIpc) is 2.75. The smallest absolute Gasteiger partial charge is 0.216 e. The second kappa shape index (κ2) is 5.23. The van der Waals surface area contributed by atoms with Gasteiger partial charge in [0.2, 0.25) is 0 Å². The van der Waals surface area contributed by atoms with E-state index in [0.29, 0.717) is 6.54 Å². The molecule has 4 nitrogen and oxygen atoms in total. The monoisotopic (exact) mass is 282 g/mol. The average molecular weight is 282 g/mol. The molecular formula is C14H22N2O2S. The summed E-state index contributed by atoms with van der Waals surface area (Å²) < 4.78 is 24.8. The summed E-state index contributed by atoms with van der Waals surface area (Å²) in [4.78, 5) is 0. The largest absolute Gasteiger partial charge is 0.274 e. The summed E-state index contributed by atoms with van der Waals surface area (Å²) in [5.41, 5.74) is 3.63. The summed E-state index contributed by atoms with van der Waals surface area (Å²) in [6.45, 7) is 4.57. The zero-order valence-corrected chi connectivity index (χ0v) is 12.4. The summed E-state index contributed by atoms with van der Waals surface area (Å²) in [6.07, 6.45) is 4.30. The van der Waals surface area contributed by atoms with Crippen LogP contribution in [-0.4, -0.2) is 15.0 Å². The van der Waals surface area contributed by atoms with E-state index in [1.165, 1.54) is 16.7 Å². The van der Waals surface area contributed by atoms with Crippen LogP contribution in [0, 0.1) is 13.8 Å². The Hall–Kier alpha value is -0.910. The maximum atomic E-state index is 11.2. The second-order valence-electron chi connectivity index (χ2n) is 5.67. The van der Waals surface area contributed by atoms with Crippen LogP contribution in [0.1, 0.15) is 42.4 Å². The van der Waals surface area contributed by atoms with Crippen LogP contribution in [0.5, 0.6) is 0 Å². The Kier molecular flexibility index (Phi) is 3.99. The quantitative estimate of drug-likeness (QED) is 0.885. The van der Waals surface area contributed by atoms with Crippen LogP contribution in [0.2, 0.25) is 0 Å². The molecule has 1 saturated carbocycles. The van der Waals surface area contributed by atoms with Gasteiger partial charge in [0.25, 0.3) is 10.2 Å². The number of hydrogen-bond donors (Lipinski definition) is 2. The predicted octanol–water partition coefficient (Wildman–Crippen LogP) is 1.91. The molecule has 1 aromatic rings. The highest BCUT2D eigenvalue weighted by Gasteiger charge is 2.37. The minimum atomic E-state index is -3.63. The Morgan fingerprint density at radius 3 is 2.42 bits per heavy atom. The Morgan fingerprint density at radius 1 is 1.26 bits per heavy atom. The minimum absolute atomic E-state index is 0.0930. The standard InChI is InChI=1S/C14H22N2O2S/c1-11-5-6-13(12(2)9-11)14(7-3-4-8-14)10-16-19(15,17)18/h5-6,9,16H,3-4,7-8,10H2,1-2H3,(H2,15,17,18). The summed E-state index contributed by atoms with van der Waals surface area (Å²) >= 11 is 0. The molecule has 3 N–H and O–H groups in total. The summed E-state index contributed by atoms with van der Waals surface area (Å²) in [6, 6.07) is 6.40. The van der Waals surface area contributed by atoms with E-state index < -0.39 is 10.2 Å². The Morgan fingerprint density at radius 2 is 1.89 bits per heavy atom. The summed E-state index contributed by atoms with van der Waals surface area (Å²) in [5, 5.41) is 5.07. The molecule has 1 fully saturated rings. The molecule has 1 aliphatic carbocycles. The zero-order valence-electron chi connectivity index (χ0n) is 11.6. The summed E-state index contributed by atoms with van der Waals surface area (Å²) in [7, 11) is -3.63. The zero-order chi connectivity index (χ0) is 14.1. The molecule has 0 aromatic heterocycles. The topological polar surface area (TPSA) is 72.2 Å². The first kappa shape index (κ1) is 14.5. The number of benzene rings is 1. The number of aryl methyl sites for hydroxylation is 2. The predicted molar refractivity (Wildman–Crippen MR) is 77.2 cm³/mol. The van der Waals surface area contributed by atoms with Crippen molar-refractivity contribution >= 4 is 10.2 Å². The van der Waals surface area contributed by atoms with Gasteiger partial charge in [-0.2, -0.15) is 8.42 Å². The molecule has 0 amide bonds. The molecule has 2 rings (SSSR count). The first-order valence-electron chi connectivity index (χ1n) is 6.68. The van der Waals surface area contributed by atoms with Crippen molar-refractivity contribution in [3.05, 3.63) is 34.9 Å². The van der Waals surface area contributed by atoms with Gasteiger partial charge in [-0.05, 0) is 37.8 Å². The molecule has 0 spiro atoms. The van der Waals surface area contributed by atoms with Crippen LogP contribution in [0.3, 0.4) is 0 Å². The molecule has 0 bridgehead atoms. The van der Waals surface area contributed by atoms with Gasteiger partial charge in [0.15, 0.2) is 0 Å². The molecule has 0 radical (unpaired) electrons. The van der Waals surface area contributed by atoms with E-state index in [2.05, 4.69) is 36.8 Å². The molecule has 0 saturated heterocycles. The fraction of sp³-hybridized carbons (Fsp3) is 0.571. The van der Waals surface area contributed by atoms with Gasteiger partial charge in [0.05, 0.1) is 0 Å². The lowest BCUT2D eigenvalue weighted by molar-refractivity contribution is 0.430. The van der Waals surface area contributed by atoms with Gasteiger partial charge in [0, 0.05) is 12.0 Å². The Labute approximate surface area is 115 Å². The first-order chi connectivity index (χ1) is 8.82. The van der Waals surface area contributed by atoms with Crippen molar-refractivity contribution in [2.24, 2.45) is 5.14 Å². The van der Waals surface area contributed by atoms with E-state index >= 15 is 0 Å². The number of nitrogens with two attached hydrogens (primary N) is 1. The third-order valence-corrected chi connectivity index (χ3v) is 4.67. The first-order valence-corrected chi connectivity index (χ1v) is 8.22. The van der Waals surface area contributed by atoms with Crippen molar-refractivity contribution < 1.29 is 8.42 Å². The van der Waals surface area contributed by atoms with Crippen molar-refractivity contribution in [1.29, 1.82) is 0 Å². The fourth-order valence-corrected chi connectivity index (χ4v) is 3.72. The van der Waals surface area contributed by atoms with Gasteiger partial charge in [-0.1, -0.05) is 36.6 Å². The molecule has 1 aromatic carbocycles. The third kappa shape index (κ3) is 3.35. The second-order valence-corrected chi connectivity index (χ2v) is 7.05. The van der Waals surface area contributed by atoms with Crippen LogP contribution >= 0.6 is 0 Å². The van der Waals surface area contributed by atoms with Crippen LogP contribution < -0.4 is 9.86 Å². The van der Waals surface area contributed by atoms with E-state index in [1.807, 2.05) is 0 Å². The van der Waals surface area contributed by atoms with Crippen LogP contribution in [0.4, 0.5) is 0 Å².